The number of nitrogens with one attached hydrogen (secondary N) is 1. The topological polar surface area (TPSA) is 41.6 Å². The molecule has 4 heteroatoms. The number of hydrogen-bond acceptors (Lipinski definition) is 4. The highest BCUT2D eigenvalue weighted by atomic mass is 16.5. The summed E-state index contributed by atoms with van der Waals surface area (Å²) in [4.78, 5) is 14.7. The summed E-state index contributed by atoms with van der Waals surface area (Å²) < 4.78 is 5.22. The molecule has 0 aromatic rings. The van der Waals surface area contributed by atoms with E-state index < -0.39 is 5.54 Å². The van der Waals surface area contributed by atoms with Crippen LogP contribution in [0.2, 0.25) is 0 Å². The van der Waals surface area contributed by atoms with E-state index in [1.54, 1.807) is 0 Å². The predicted octanol–water partition coefficient (Wildman–Crippen LogP) is 2.04. The standard InChI is InChI=1S/C15H30N2O2/c1-6-16-15(5,14(18)19-7-2)10-13(4)17-9-8-12(3)11-17/h12-13,16H,6-11H2,1-5H3. The van der Waals surface area contributed by atoms with Gasteiger partial charge in [-0.3, -0.25) is 4.79 Å². The minimum atomic E-state index is -0.573. The van der Waals surface area contributed by atoms with Gasteiger partial charge in [-0.15, -0.1) is 0 Å². The molecule has 3 atom stereocenters. The Bertz CT molecular complexity index is 296. The van der Waals surface area contributed by atoms with Crippen LogP contribution in [-0.2, 0) is 9.53 Å². The van der Waals surface area contributed by atoms with E-state index in [1.807, 2.05) is 20.8 Å². The number of nitrogens with zero attached hydrogens (tertiary/aromatic N) is 1. The van der Waals surface area contributed by atoms with E-state index in [0.717, 1.165) is 32.0 Å². The molecule has 0 aromatic heterocycles. The fraction of sp³-hybridized carbons (Fsp3) is 0.933. The van der Waals surface area contributed by atoms with Crippen LogP contribution < -0.4 is 5.32 Å². The van der Waals surface area contributed by atoms with Crippen molar-refractivity contribution in [3.63, 3.8) is 0 Å². The molecular weight excluding hydrogens is 240 g/mol. The lowest BCUT2D eigenvalue weighted by Crippen LogP contribution is -2.54. The summed E-state index contributed by atoms with van der Waals surface area (Å²) >= 11 is 0. The molecule has 0 aliphatic carbocycles. The summed E-state index contributed by atoms with van der Waals surface area (Å²) in [6.45, 7) is 13.9. The number of carbonyl (C=O) groups excluding carboxylic acids is 1. The first-order valence-electron chi connectivity index (χ1n) is 7.59. The molecule has 4 nitrogen and oxygen atoms in total. The number of esters is 1. The van der Waals surface area contributed by atoms with E-state index in [4.69, 9.17) is 4.74 Å². The lowest BCUT2D eigenvalue weighted by Gasteiger charge is -2.34. The zero-order valence-electron chi connectivity index (χ0n) is 13.2. The van der Waals surface area contributed by atoms with Crippen molar-refractivity contribution in [1.29, 1.82) is 0 Å². The normalized spacial score (nSPS) is 25.0. The van der Waals surface area contributed by atoms with Gasteiger partial charge >= 0.3 is 5.97 Å². The molecule has 3 unspecified atom stereocenters. The van der Waals surface area contributed by atoms with Crippen molar-refractivity contribution in [3.8, 4) is 0 Å². The van der Waals surface area contributed by atoms with Crippen LogP contribution in [0.15, 0.2) is 0 Å². The van der Waals surface area contributed by atoms with Crippen molar-refractivity contribution >= 4 is 5.97 Å². The molecule has 1 rings (SSSR count). The van der Waals surface area contributed by atoms with Crippen molar-refractivity contribution in [2.45, 2.75) is 59.0 Å². The third-order valence-corrected chi connectivity index (χ3v) is 4.08. The van der Waals surface area contributed by atoms with Crippen LogP contribution in [0.1, 0.15) is 47.5 Å². The van der Waals surface area contributed by atoms with E-state index in [0.29, 0.717) is 12.6 Å². The van der Waals surface area contributed by atoms with Crippen molar-refractivity contribution < 1.29 is 9.53 Å². The van der Waals surface area contributed by atoms with Gasteiger partial charge in [-0.1, -0.05) is 13.8 Å². The van der Waals surface area contributed by atoms with Gasteiger partial charge in [-0.05, 0) is 52.6 Å². The van der Waals surface area contributed by atoms with Gasteiger partial charge in [0.1, 0.15) is 5.54 Å². The van der Waals surface area contributed by atoms with E-state index in [1.165, 1.54) is 6.42 Å². The molecule has 1 saturated heterocycles. The van der Waals surface area contributed by atoms with Crippen LogP contribution in [0.4, 0.5) is 0 Å². The van der Waals surface area contributed by atoms with E-state index >= 15 is 0 Å². The van der Waals surface area contributed by atoms with Crippen LogP contribution >= 0.6 is 0 Å². The molecule has 1 heterocycles. The molecule has 0 aromatic carbocycles. The Morgan fingerprint density at radius 2 is 2.21 bits per heavy atom. The third-order valence-electron chi connectivity index (χ3n) is 4.08. The molecular formula is C15H30N2O2. The number of carbonyl (C=O) groups is 1. The second kappa shape index (κ2) is 7.25. The van der Waals surface area contributed by atoms with Crippen LogP contribution in [0.25, 0.3) is 0 Å². The predicted molar refractivity (Wildman–Crippen MR) is 78.1 cm³/mol. The van der Waals surface area contributed by atoms with Crippen molar-refractivity contribution in [2.75, 3.05) is 26.2 Å². The first-order chi connectivity index (χ1) is 8.92. The molecule has 1 fully saturated rings. The molecule has 0 saturated carbocycles. The number of likely N-dealkylation sites (N-methyl/N-ethyl adjacent to an activating group) is 1. The lowest BCUT2D eigenvalue weighted by atomic mass is 9.92. The maximum Gasteiger partial charge on any atom is 0.326 e. The SMILES string of the molecule is CCNC(C)(CC(C)N1CCC(C)C1)C(=O)OCC. The van der Waals surface area contributed by atoms with Crippen LogP contribution in [0.3, 0.4) is 0 Å². The fourth-order valence-electron chi connectivity index (χ4n) is 3.00. The average molecular weight is 270 g/mol. The Balaban J connectivity index is 2.63. The molecule has 0 spiro atoms. The molecule has 0 amide bonds. The van der Waals surface area contributed by atoms with E-state index in [9.17, 15) is 4.79 Å². The van der Waals surface area contributed by atoms with Gasteiger partial charge in [0, 0.05) is 12.6 Å². The summed E-state index contributed by atoms with van der Waals surface area (Å²) in [6, 6.07) is 0.401. The molecule has 0 bridgehead atoms. The lowest BCUT2D eigenvalue weighted by molar-refractivity contribution is -0.151. The van der Waals surface area contributed by atoms with Gasteiger partial charge in [0.2, 0.25) is 0 Å². The average Bonchev–Trinajstić information content (AvgIpc) is 2.76. The van der Waals surface area contributed by atoms with E-state index in [2.05, 4.69) is 24.1 Å². The monoisotopic (exact) mass is 270 g/mol. The number of likely N-dealkylation sites (tertiary alicyclic amines) is 1. The maximum absolute atomic E-state index is 12.2. The zero-order valence-corrected chi connectivity index (χ0v) is 13.2. The van der Waals surface area contributed by atoms with Crippen LogP contribution in [-0.4, -0.2) is 48.7 Å². The summed E-state index contributed by atoms with van der Waals surface area (Å²) in [5.74, 6) is 0.645. The summed E-state index contributed by atoms with van der Waals surface area (Å²) in [5.41, 5.74) is -0.573. The van der Waals surface area contributed by atoms with E-state index in [-0.39, 0.29) is 5.97 Å². The summed E-state index contributed by atoms with van der Waals surface area (Å²) in [6.07, 6.45) is 2.06. The summed E-state index contributed by atoms with van der Waals surface area (Å²) in [5, 5.41) is 3.31. The highest BCUT2D eigenvalue weighted by Gasteiger charge is 2.37. The quantitative estimate of drug-likeness (QED) is 0.719. The molecule has 1 N–H and O–H groups in total. The van der Waals surface area contributed by atoms with Crippen LogP contribution in [0, 0.1) is 5.92 Å². The summed E-state index contributed by atoms with van der Waals surface area (Å²) in [7, 11) is 0. The molecule has 1 aliphatic heterocycles. The van der Waals surface area contributed by atoms with Crippen molar-refractivity contribution in [2.24, 2.45) is 5.92 Å². The van der Waals surface area contributed by atoms with Gasteiger partial charge in [-0.2, -0.15) is 0 Å². The Morgan fingerprint density at radius 1 is 1.53 bits per heavy atom. The van der Waals surface area contributed by atoms with Gasteiger partial charge < -0.3 is 15.0 Å². The number of ether oxygens (including phenoxy) is 1. The highest BCUT2D eigenvalue weighted by Crippen LogP contribution is 2.23. The third kappa shape index (κ3) is 4.46. The zero-order chi connectivity index (χ0) is 14.5. The minimum absolute atomic E-state index is 0.129. The Labute approximate surface area is 117 Å². The second-order valence-electron chi connectivity index (χ2n) is 6.02. The van der Waals surface area contributed by atoms with Crippen LogP contribution in [0.5, 0.6) is 0 Å². The van der Waals surface area contributed by atoms with Crippen molar-refractivity contribution in [1.82, 2.24) is 10.2 Å². The van der Waals surface area contributed by atoms with Gasteiger partial charge in [-0.25, -0.2) is 0 Å². The second-order valence-corrected chi connectivity index (χ2v) is 6.02. The van der Waals surface area contributed by atoms with Gasteiger partial charge in [0.15, 0.2) is 0 Å². The van der Waals surface area contributed by atoms with Crippen molar-refractivity contribution in [3.05, 3.63) is 0 Å². The minimum Gasteiger partial charge on any atom is -0.465 e. The first-order valence-corrected chi connectivity index (χ1v) is 7.59. The highest BCUT2D eigenvalue weighted by molar-refractivity contribution is 5.80. The maximum atomic E-state index is 12.2. The first kappa shape index (κ1) is 16.4. The molecule has 112 valence electrons. The molecule has 0 radical (unpaired) electrons. The fourth-order valence-corrected chi connectivity index (χ4v) is 3.00. The Morgan fingerprint density at radius 3 is 2.68 bits per heavy atom. The molecule has 1 aliphatic rings. The Hall–Kier alpha value is -0.610. The number of hydrogen-bond donors (Lipinski definition) is 1. The van der Waals surface area contributed by atoms with Gasteiger partial charge in [0.25, 0.3) is 0 Å². The smallest absolute Gasteiger partial charge is 0.326 e. The molecule has 19 heavy (non-hydrogen) atoms. The number of rotatable bonds is 7. The Kier molecular flexibility index (Phi) is 6.27. The van der Waals surface area contributed by atoms with Gasteiger partial charge in [0.05, 0.1) is 6.61 Å². The largest absolute Gasteiger partial charge is 0.465 e.